The van der Waals surface area contributed by atoms with Crippen molar-refractivity contribution < 1.29 is 36.5 Å². The molecule has 1 radical (unpaired) electrons. The summed E-state index contributed by atoms with van der Waals surface area (Å²) in [5.74, 6) is 0. The van der Waals surface area contributed by atoms with Gasteiger partial charge in [-0.25, -0.2) is 0 Å². The minimum absolute atomic E-state index is 0. The Labute approximate surface area is 91.4 Å². The zero-order chi connectivity index (χ0) is 6.69. The van der Waals surface area contributed by atoms with Gasteiger partial charge in [-0.3, -0.25) is 0 Å². The van der Waals surface area contributed by atoms with Crippen LogP contribution in [-0.2, 0) is 19.5 Å². The van der Waals surface area contributed by atoms with Crippen molar-refractivity contribution in [3.05, 3.63) is 36.1 Å². The molecule has 0 spiro atoms. The van der Waals surface area contributed by atoms with Crippen molar-refractivity contribution >= 4 is 0 Å². The first kappa shape index (κ1) is 13.7. The Morgan fingerprint density at radius 1 is 1.27 bits per heavy atom. The van der Waals surface area contributed by atoms with E-state index in [2.05, 4.69) is 10.6 Å². The van der Waals surface area contributed by atoms with Gasteiger partial charge in [0.1, 0.15) is 0 Å². The summed E-state index contributed by atoms with van der Waals surface area (Å²) >= 11 is 0. The molecule has 3 heteroatoms. The summed E-state index contributed by atoms with van der Waals surface area (Å²) in [6.07, 6.45) is 7.88. The van der Waals surface area contributed by atoms with Crippen molar-refractivity contribution in [2.75, 3.05) is 14.1 Å². The van der Waals surface area contributed by atoms with Crippen molar-refractivity contribution in [2.45, 2.75) is 0 Å². The second-order valence-corrected chi connectivity index (χ2v) is 2.15. The van der Waals surface area contributed by atoms with E-state index in [4.69, 9.17) is 0 Å². The fourth-order valence-corrected chi connectivity index (χ4v) is 0.676. The Bertz CT molecular complexity index is 190. The zero-order valence-corrected chi connectivity index (χ0v) is 11.4. The van der Waals surface area contributed by atoms with Crippen molar-refractivity contribution in [1.82, 2.24) is 4.90 Å². The van der Waals surface area contributed by atoms with Crippen LogP contribution in [0.2, 0.25) is 0 Å². The van der Waals surface area contributed by atoms with E-state index in [1.807, 2.05) is 38.7 Å². The Morgan fingerprint density at radius 3 is 2.18 bits per heavy atom. The Hall–Kier alpha value is 0.163. The second kappa shape index (κ2) is 6.85. The summed E-state index contributed by atoms with van der Waals surface area (Å²) in [5.41, 5.74) is 4.18. The Morgan fingerprint density at radius 2 is 1.91 bits per heavy atom. The van der Waals surface area contributed by atoms with E-state index in [0.717, 1.165) is 0 Å². The maximum Gasteiger partial charge on any atom is 0.0367 e. The van der Waals surface area contributed by atoms with Crippen molar-refractivity contribution in [3.8, 4) is 0 Å². The fraction of sp³-hybridized carbons (Fsp3) is 0.250. The van der Waals surface area contributed by atoms with Gasteiger partial charge in [-0.2, -0.15) is 0 Å². The van der Waals surface area contributed by atoms with Crippen LogP contribution in [0.25, 0.3) is 0 Å². The molecule has 1 aliphatic carbocycles. The topological polar surface area (TPSA) is 3.24 Å². The first-order valence-corrected chi connectivity index (χ1v) is 2.94. The summed E-state index contributed by atoms with van der Waals surface area (Å²) in [7, 11) is 4.05. The summed E-state index contributed by atoms with van der Waals surface area (Å²) in [6.45, 7) is 0. The van der Waals surface area contributed by atoms with E-state index < -0.39 is 0 Å². The van der Waals surface area contributed by atoms with E-state index in [0.29, 0.717) is 0 Å². The number of hydrogen-bond donors (Lipinski definition) is 0. The smallest absolute Gasteiger partial charge is 0.0367 e. The zero-order valence-electron chi connectivity index (χ0n) is 6.84. The van der Waals surface area contributed by atoms with E-state index in [1.54, 1.807) is 0 Å². The van der Waals surface area contributed by atoms with Gasteiger partial charge < -0.3 is 21.9 Å². The minimum Gasteiger partial charge on any atom is -1.00 e. The van der Waals surface area contributed by atoms with Crippen molar-refractivity contribution in [2.24, 2.45) is 0 Å². The third kappa shape index (κ3) is 4.58. The number of hydrogen-bond acceptors (Lipinski definition) is 1. The molecule has 1 rings (SSSR count). The van der Waals surface area contributed by atoms with Crippen LogP contribution >= 0.6 is 0 Å². The molecule has 0 bridgehead atoms. The Kier molecular flexibility index (Phi) is 8.55. The van der Waals surface area contributed by atoms with Gasteiger partial charge in [0.25, 0.3) is 0 Å². The molecule has 0 aliphatic heterocycles. The molecular formula is C8H10BrNZn-. The standard InChI is InChI=1S/C8H10N.BrH.Zn/c1-9(2)8-6-4-3-5-7-8;;/h4-7H,1-2H3;1H;/p-1. The van der Waals surface area contributed by atoms with E-state index >= 15 is 0 Å². The summed E-state index contributed by atoms with van der Waals surface area (Å²) in [6, 6.07) is 0. The van der Waals surface area contributed by atoms with E-state index in [1.165, 1.54) is 5.70 Å². The molecule has 0 aromatic carbocycles. The third-order valence-electron chi connectivity index (χ3n) is 1.22. The second-order valence-electron chi connectivity index (χ2n) is 2.15. The van der Waals surface area contributed by atoms with Crippen molar-refractivity contribution in [3.63, 3.8) is 0 Å². The van der Waals surface area contributed by atoms with Crippen LogP contribution in [0.3, 0.4) is 0 Å². The van der Waals surface area contributed by atoms with Crippen LogP contribution in [0.5, 0.6) is 0 Å². The van der Waals surface area contributed by atoms with Gasteiger partial charge in [0.2, 0.25) is 0 Å². The van der Waals surface area contributed by atoms with Crippen LogP contribution in [0.4, 0.5) is 0 Å². The molecule has 1 nitrogen and oxygen atoms in total. The number of nitrogens with zero attached hydrogens (tertiary/aromatic N) is 1. The fourth-order valence-electron chi connectivity index (χ4n) is 0.676. The van der Waals surface area contributed by atoms with Gasteiger partial charge in [0, 0.05) is 45.7 Å². The summed E-state index contributed by atoms with van der Waals surface area (Å²) < 4.78 is 0. The Balaban J connectivity index is 0. The minimum atomic E-state index is 0. The van der Waals surface area contributed by atoms with Crippen LogP contribution in [0, 0.1) is 6.42 Å². The molecular weight excluding hydrogens is 255 g/mol. The molecule has 0 heterocycles. The molecule has 0 saturated heterocycles. The molecule has 0 aromatic heterocycles. The number of halogens is 1. The number of rotatable bonds is 1. The van der Waals surface area contributed by atoms with Gasteiger partial charge in [0.05, 0.1) is 0 Å². The molecule has 0 unspecified atom stereocenters. The molecule has 0 N–H and O–H groups in total. The monoisotopic (exact) mass is 263 g/mol. The molecule has 0 fully saturated rings. The van der Waals surface area contributed by atoms with Gasteiger partial charge in [0.15, 0.2) is 0 Å². The maximum atomic E-state index is 2.96. The summed E-state index contributed by atoms with van der Waals surface area (Å²) in [4.78, 5) is 2.06. The average molecular weight is 265 g/mol. The van der Waals surface area contributed by atoms with Crippen molar-refractivity contribution in [1.29, 1.82) is 0 Å². The molecule has 0 saturated carbocycles. The molecule has 0 aromatic rings. The normalized spacial score (nSPS) is 12.7. The quantitative estimate of drug-likeness (QED) is 0.406. The SMILES string of the molecule is CN(C)C1=CC=C=C[CH]1.[Br-].[Zn]. The molecule has 0 amide bonds. The largest absolute Gasteiger partial charge is 1.00 e. The van der Waals surface area contributed by atoms with Crippen LogP contribution in [0.15, 0.2) is 29.7 Å². The van der Waals surface area contributed by atoms with Gasteiger partial charge in [-0.1, -0.05) is 0 Å². The molecule has 1 aliphatic rings. The predicted octanol–water partition coefficient (Wildman–Crippen LogP) is -1.64. The average Bonchev–Trinajstić information content (AvgIpc) is 1.90. The van der Waals surface area contributed by atoms with Crippen LogP contribution in [-0.4, -0.2) is 19.0 Å². The molecule has 11 heavy (non-hydrogen) atoms. The maximum absolute atomic E-state index is 2.96. The van der Waals surface area contributed by atoms with E-state index in [9.17, 15) is 0 Å². The van der Waals surface area contributed by atoms with Gasteiger partial charge in [-0.15, -0.1) is 5.73 Å². The number of allylic oxidation sites excluding steroid dienone is 2. The molecule has 57 valence electrons. The first-order chi connectivity index (χ1) is 4.30. The predicted molar refractivity (Wildman–Crippen MR) is 38.7 cm³/mol. The van der Waals surface area contributed by atoms with Crippen LogP contribution < -0.4 is 17.0 Å². The van der Waals surface area contributed by atoms with E-state index in [-0.39, 0.29) is 36.5 Å². The third-order valence-corrected chi connectivity index (χ3v) is 1.22. The van der Waals surface area contributed by atoms with Gasteiger partial charge >= 0.3 is 0 Å². The molecule has 0 atom stereocenters. The van der Waals surface area contributed by atoms with Crippen LogP contribution in [0.1, 0.15) is 0 Å². The first-order valence-electron chi connectivity index (χ1n) is 2.94. The van der Waals surface area contributed by atoms with Gasteiger partial charge in [-0.05, 0) is 18.2 Å². The summed E-state index contributed by atoms with van der Waals surface area (Å²) in [5, 5.41) is 0.